The Bertz CT molecular complexity index is 2320. The van der Waals surface area contributed by atoms with Crippen molar-refractivity contribution in [2.75, 3.05) is 0 Å². The zero-order chi connectivity index (χ0) is 28.0. The third-order valence-corrected chi connectivity index (χ3v) is 8.68. The van der Waals surface area contributed by atoms with Gasteiger partial charge in [0.2, 0.25) is 4.96 Å². The standard InChI is InChI=1S/C37H23N3OS/c41-36-34(29-18-10-16-27(22-29)25-13-5-2-6-14-25)39-40-35-31-20-8-7-19-30(31)32(23-33(35)42-37(40)38-36)28-17-9-15-26(21-28)24-11-3-1-4-12-24/h1-23H. The Morgan fingerprint density at radius 3 is 1.76 bits per heavy atom. The average Bonchev–Trinajstić information content (AvgIpc) is 3.42. The molecule has 198 valence electrons. The number of thiazole rings is 1. The van der Waals surface area contributed by atoms with Gasteiger partial charge in [-0.15, -0.1) is 0 Å². The molecule has 4 nitrogen and oxygen atoms in total. The van der Waals surface area contributed by atoms with Crippen LogP contribution in [0.15, 0.2) is 144 Å². The number of benzene rings is 6. The van der Waals surface area contributed by atoms with Crippen LogP contribution in [0.4, 0.5) is 0 Å². The summed E-state index contributed by atoms with van der Waals surface area (Å²) in [5, 5.41) is 7.13. The molecule has 0 bridgehead atoms. The Labute approximate surface area is 245 Å². The summed E-state index contributed by atoms with van der Waals surface area (Å²) >= 11 is 1.49. The summed E-state index contributed by atoms with van der Waals surface area (Å²) in [4.78, 5) is 18.4. The highest BCUT2D eigenvalue weighted by Gasteiger charge is 2.18. The van der Waals surface area contributed by atoms with E-state index < -0.39 is 0 Å². The van der Waals surface area contributed by atoms with Gasteiger partial charge in [-0.25, -0.2) is 4.52 Å². The maximum atomic E-state index is 13.3. The molecule has 2 heterocycles. The van der Waals surface area contributed by atoms with Crippen LogP contribution >= 0.6 is 11.3 Å². The lowest BCUT2D eigenvalue weighted by atomic mass is 9.95. The second-order valence-electron chi connectivity index (χ2n) is 10.3. The molecular formula is C37H23N3OS. The van der Waals surface area contributed by atoms with Crippen molar-refractivity contribution in [2.45, 2.75) is 0 Å². The number of hydrogen-bond acceptors (Lipinski definition) is 4. The van der Waals surface area contributed by atoms with Crippen LogP contribution < -0.4 is 5.56 Å². The molecule has 0 fully saturated rings. The van der Waals surface area contributed by atoms with Gasteiger partial charge < -0.3 is 0 Å². The van der Waals surface area contributed by atoms with Crippen LogP contribution in [0.1, 0.15) is 0 Å². The highest BCUT2D eigenvalue weighted by atomic mass is 32.1. The molecule has 6 aromatic carbocycles. The van der Waals surface area contributed by atoms with Gasteiger partial charge in [-0.2, -0.15) is 10.1 Å². The SMILES string of the molecule is O=c1nc2sc3cc(-c4cccc(-c5ccccc5)c4)c4ccccc4c3n2nc1-c1cccc(-c2ccccc2)c1. The van der Waals surface area contributed by atoms with Gasteiger partial charge in [0.05, 0.1) is 10.2 Å². The Hall–Kier alpha value is -5.39. The average molecular weight is 558 g/mol. The molecule has 0 amide bonds. The molecule has 0 saturated carbocycles. The zero-order valence-corrected chi connectivity index (χ0v) is 23.3. The van der Waals surface area contributed by atoms with E-state index in [1.54, 1.807) is 0 Å². The molecule has 0 aliphatic carbocycles. The van der Waals surface area contributed by atoms with Crippen molar-refractivity contribution in [1.82, 2.24) is 14.6 Å². The van der Waals surface area contributed by atoms with Crippen LogP contribution in [0.3, 0.4) is 0 Å². The highest BCUT2D eigenvalue weighted by Crippen LogP contribution is 2.39. The Morgan fingerprint density at radius 2 is 1.07 bits per heavy atom. The van der Waals surface area contributed by atoms with Crippen LogP contribution in [0, 0.1) is 0 Å². The lowest BCUT2D eigenvalue weighted by Crippen LogP contribution is -2.14. The van der Waals surface area contributed by atoms with Crippen LogP contribution in [0.25, 0.3) is 70.6 Å². The van der Waals surface area contributed by atoms with Crippen LogP contribution in [-0.4, -0.2) is 14.6 Å². The zero-order valence-electron chi connectivity index (χ0n) is 22.4. The molecule has 8 aromatic rings. The van der Waals surface area contributed by atoms with E-state index >= 15 is 0 Å². The quantitative estimate of drug-likeness (QED) is 0.217. The van der Waals surface area contributed by atoms with Gasteiger partial charge in [0.1, 0.15) is 0 Å². The first-order chi connectivity index (χ1) is 20.7. The lowest BCUT2D eigenvalue weighted by molar-refractivity contribution is 0.939. The lowest BCUT2D eigenvalue weighted by Gasteiger charge is -2.11. The van der Waals surface area contributed by atoms with E-state index in [1.807, 2.05) is 53.0 Å². The van der Waals surface area contributed by atoms with Gasteiger partial charge in [0.15, 0.2) is 5.69 Å². The van der Waals surface area contributed by atoms with Crippen LogP contribution in [-0.2, 0) is 0 Å². The van der Waals surface area contributed by atoms with Crippen molar-refractivity contribution in [3.8, 4) is 44.6 Å². The highest BCUT2D eigenvalue weighted by molar-refractivity contribution is 7.23. The van der Waals surface area contributed by atoms with Gasteiger partial charge in [-0.05, 0) is 57.0 Å². The minimum absolute atomic E-state index is 0.327. The molecule has 0 unspecified atom stereocenters. The van der Waals surface area contributed by atoms with Crippen LogP contribution in [0.5, 0.6) is 0 Å². The van der Waals surface area contributed by atoms with Crippen molar-refractivity contribution in [2.24, 2.45) is 0 Å². The van der Waals surface area contributed by atoms with Gasteiger partial charge in [0.25, 0.3) is 0 Å². The molecule has 0 radical (unpaired) electrons. The van der Waals surface area contributed by atoms with Gasteiger partial charge >= 0.3 is 5.56 Å². The summed E-state index contributed by atoms with van der Waals surface area (Å²) in [5.74, 6) is 0. The normalized spacial score (nSPS) is 11.4. The fourth-order valence-corrected chi connectivity index (χ4v) is 6.72. The summed E-state index contributed by atoms with van der Waals surface area (Å²) in [6.45, 7) is 0. The summed E-state index contributed by atoms with van der Waals surface area (Å²) in [6.07, 6.45) is 0. The van der Waals surface area contributed by atoms with E-state index in [-0.39, 0.29) is 5.56 Å². The first kappa shape index (κ1) is 24.4. The van der Waals surface area contributed by atoms with Crippen molar-refractivity contribution in [3.63, 3.8) is 0 Å². The smallest absolute Gasteiger partial charge is 0.265 e. The topological polar surface area (TPSA) is 47.3 Å². The maximum absolute atomic E-state index is 13.3. The molecule has 2 aromatic heterocycles. The molecule has 0 N–H and O–H groups in total. The third kappa shape index (κ3) is 4.10. The molecule has 0 saturated heterocycles. The molecule has 0 aliphatic rings. The first-order valence-corrected chi connectivity index (χ1v) is 14.6. The Kier molecular flexibility index (Phi) is 5.76. The molecule has 42 heavy (non-hydrogen) atoms. The maximum Gasteiger partial charge on any atom is 0.300 e. The van der Waals surface area contributed by atoms with Crippen molar-refractivity contribution < 1.29 is 0 Å². The molecule has 0 spiro atoms. The number of fused-ring (bicyclic) bond motifs is 5. The fourth-order valence-electron chi connectivity index (χ4n) is 5.71. The molecule has 0 atom stereocenters. The predicted octanol–water partition coefficient (Wildman–Crippen LogP) is 9.13. The minimum atomic E-state index is -0.327. The number of rotatable bonds is 4. The minimum Gasteiger partial charge on any atom is -0.265 e. The van der Waals surface area contributed by atoms with E-state index in [0.717, 1.165) is 48.8 Å². The fraction of sp³-hybridized carbons (Fsp3) is 0. The summed E-state index contributed by atoms with van der Waals surface area (Å²) < 4.78 is 2.88. The van der Waals surface area contributed by atoms with Crippen molar-refractivity contribution in [1.29, 1.82) is 0 Å². The van der Waals surface area contributed by atoms with Crippen LogP contribution in [0.2, 0.25) is 0 Å². The second kappa shape index (κ2) is 9.91. The second-order valence-corrected chi connectivity index (χ2v) is 11.3. The largest absolute Gasteiger partial charge is 0.300 e. The summed E-state index contributed by atoms with van der Waals surface area (Å²) in [6, 6.07) is 47.8. The molecule has 8 rings (SSSR count). The van der Waals surface area contributed by atoms with E-state index in [9.17, 15) is 4.79 Å². The van der Waals surface area contributed by atoms with Crippen molar-refractivity contribution in [3.05, 3.63) is 150 Å². The van der Waals surface area contributed by atoms with E-state index in [1.165, 1.54) is 22.5 Å². The summed E-state index contributed by atoms with van der Waals surface area (Å²) in [5.41, 5.74) is 8.48. The van der Waals surface area contributed by atoms with E-state index in [4.69, 9.17) is 5.10 Å². The van der Waals surface area contributed by atoms with Gasteiger partial charge in [0, 0.05) is 10.9 Å². The van der Waals surface area contributed by atoms with Crippen molar-refractivity contribution >= 4 is 37.3 Å². The summed E-state index contributed by atoms with van der Waals surface area (Å²) in [7, 11) is 0. The van der Waals surface area contributed by atoms with Gasteiger partial charge in [-0.1, -0.05) is 133 Å². The van der Waals surface area contributed by atoms with E-state index in [0.29, 0.717) is 10.7 Å². The number of hydrogen-bond donors (Lipinski definition) is 0. The van der Waals surface area contributed by atoms with E-state index in [2.05, 4.69) is 96.0 Å². The third-order valence-electron chi connectivity index (χ3n) is 7.70. The van der Waals surface area contributed by atoms with Gasteiger partial charge in [-0.3, -0.25) is 4.79 Å². The predicted molar refractivity (Wildman–Crippen MR) is 174 cm³/mol. The Balaban J connectivity index is 1.33. The Morgan fingerprint density at radius 1 is 0.524 bits per heavy atom. The monoisotopic (exact) mass is 557 g/mol. The number of nitrogens with zero attached hydrogens (tertiary/aromatic N) is 3. The molecular weight excluding hydrogens is 534 g/mol. The number of aromatic nitrogens is 3. The first-order valence-electron chi connectivity index (χ1n) is 13.8. The molecule has 0 aliphatic heterocycles. The molecule has 5 heteroatoms.